The van der Waals surface area contributed by atoms with Crippen LogP contribution in [0, 0.1) is 6.92 Å². The molecule has 25 heavy (non-hydrogen) atoms. The first-order valence-electron chi connectivity index (χ1n) is 9.14. The lowest BCUT2D eigenvalue weighted by molar-refractivity contribution is 0.168. The highest BCUT2D eigenvalue weighted by Gasteiger charge is 2.19. The number of hydrogen-bond donors (Lipinski definition) is 2. The van der Waals surface area contributed by atoms with Crippen LogP contribution in [0.25, 0.3) is 0 Å². The van der Waals surface area contributed by atoms with Gasteiger partial charge in [0, 0.05) is 30.9 Å². The second-order valence-electron chi connectivity index (χ2n) is 5.68. The number of nitrogens with zero attached hydrogens (tertiary/aromatic N) is 1. The van der Waals surface area contributed by atoms with Crippen molar-refractivity contribution >= 4 is 17.4 Å². The Hall–Kier alpha value is -2.49. The van der Waals surface area contributed by atoms with Gasteiger partial charge >= 0.3 is 0 Å². The average molecular weight is 339 g/mol. The van der Waals surface area contributed by atoms with Gasteiger partial charge in [0.2, 0.25) is 0 Å². The highest BCUT2D eigenvalue weighted by atomic mass is 16.5. The molecule has 1 atom stereocenters. The number of amidine groups is 1. The minimum absolute atomic E-state index is 0.0679. The first kappa shape index (κ1) is 18.8. The van der Waals surface area contributed by atoms with E-state index in [1.54, 1.807) is 0 Å². The molecule has 4 nitrogen and oxygen atoms in total. The fraction of sp³-hybridized carbons (Fsp3) is 0.381. The van der Waals surface area contributed by atoms with Crippen molar-refractivity contribution in [1.82, 2.24) is 0 Å². The maximum absolute atomic E-state index is 6.02. The van der Waals surface area contributed by atoms with Crippen molar-refractivity contribution in [3.63, 3.8) is 0 Å². The van der Waals surface area contributed by atoms with E-state index in [0.29, 0.717) is 6.02 Å². The molecule has 0 aromatic heterocycles. The Balaban J connectivity index is 0.00000109. The van der Waals surface area contributed by atoms with Crippen LogP contribution in [0.2, 0.25) is 0 Å². The van der Waals surface area contributed by atoms with Crippen LogP contribution in [0.5, 0.6) is 0 Å². The Kier molecular flexibility index (Phi) is 7.33. The van der Waals surface area contributed by atoms with E-state index in [0.717, 1.165) is 30.9 Å². The third-order valence-electron chi connectivity index (χ3n) is 3.92. The van der Waals surface area contributed by atoms with Crippen molar-refractivity contribution in [1.29, 1.82) is 0 Å². The van der Waals surface area contributed by atoms with Crippen LogP contribution in [-0.2, 0) is 4.74 Å². The maximum Gasteiger partial charge on any atom is 0.289 e. The maximum atomic E-state index is 6.02. The highest BCUT2D eigenvalue weighted by molar-refractivity contribution is 5.90. The molecule has 2 aromatic carbocycles. The lowest BCUT2D eigenvalue weighted by Gasteiger charge is -2.24. The smallest absolute Gasteiger partial charge is 0.289 e. The number of benzene rings is 2. The van der Waals surface area contributed by atoms with Gasteiger partial charge in [0.25, 0.3) is 6.02 Å². The zero-order valence-corrected chi connectivity index (χ0v) is 15.7. The molecule has 1 aliphatic rings. The molecule has 0 fully saturated rings. The summed E-state index contributed by atoms with van der Waals surface area (Å²) in [5.74, 6) is 0. The van der Waals surface area contributed by atoms with E-state index < -0.39 is 0 Å². The molecule has 1 aliphatic heterocycles. The molecule has 2 N–H and O–H groups in total. The van der Waals surface area contributed by atoms with Crippen LogP contribution >= 0.6 is 0 Å². The van der Waals surface area contributed by atoms with Gasteiger partial charge in [0.15, 0.2) is 0 Å². The number of rotatable bonds is 4. The molecule has 0 aliphatic carbocycles. The minimum atomic E-state index is 0.0679. The van der Waals surface area contributed by atoms with Gasteiger partial charge < -0.3 is 15.4 Å². The van der Waals surface area contributed by atoms with Crippen molar-refractivity contribution in [3.8, 4) is 0 Å². The monoisotopic (exact) mass is 339 g/mol. The summed E-state index contributed by atoms with van der Waals surface area (Å²) in [6.45, 7) is 9.89. The van der Waals surface area contributed by atoms with Gasteiger partial charge in [0.05, 0.1) is 0 Å². The Morgan fingerprint density at radius 1 is 1.12 bits per heavy atom. The molecular formula is C21H29N3O. The topological polar surface area (TPSA) is 45.7 Å². The average Bonchev–Trinajstić information content (AvgIpc) is 2.67. The van der Waals surface area contributed by atoms with Crippen molar-refractivity contribution in [3.05, 3.63) is 59.7 Å². The van der Waals surface area contributed by atoms with Gasteiger partial charge in [-0.1, -0.05) is 44.2 Å². The van der Waals surface area contributed by atoms with Crippen molar-refractivity contribution in [2.45, 2.75) is 40.2 Å². The molecule has 4 heteroatoms. The SMILES string of the molecule is CC.CCNc1ccc(NC2=NCCC(c3ccccc3)O2)cc1C. The summed E-state index contributed by atoms with van der Waals surface area (Å²) < 4.78 is 6.02. The fourth-order valence-electron chi connectivity index (χ4n) is 2.74. The summed E-state index contributed by atoms with van der Waals surface area (Å²) in [6, 6.07) is 17.1. The number of nitrogens with one attached hydrogen (secondary N) is 2. The summed E-state index contributed by atoms with van der Waals surface area (Å²) in [5.41, 5.74) is 4.55. The standard InChI is InChI=1S/C19H23N3O.C2H6/c1-3-20-17-10-9-16(13-14(17)2)22-19-21-12-11-18(23-19)15-7-5-4-6-8-15;1-2/h4-10,13,18,20H,3,11-12H2,1-2H3,(H,21,22);1-2H3. The molecule has 0 bridgehead atoms. The molecule has 0 saturated heterocycles. The quantitative estimate of drug-likeness (QED) is 0.786. The van der Waals surface area contributed by atoms with Gasteiger partial charge in [-0.2, -0.15) is 0 Å². The van der Waals surface area contributed by atoms with Crippen molar-refractivity contribution in [2.75, 3.05) is 23.7 Å². The number of aryl methyl sites for hydroxylation is 1. The van der Waals surface area contributed by atoms with E-state index >= 15 is 0 Å². The normalized spacial score (nSPS) is 16.0. The molecule has 1 heterocycles. The summed E-state index contributed by atoms with van der Waals surface area (Å²) in [6.07, 6.45) is 0.978. The van der Waals surface area contributed by atoms with E-state index in [9.17, 15) is 0 Å². The number of anilines is 2. The van der Waals surface area contributed by atoms with Crippen LogP contribution in [0.4, 0.5) is 11.4 Å². The summed E-state index contributed by atoms with van der Waals surface area (Å²) in [4.78, 5) is 4.46. The first-order valence-corrected chi connectivity index (χ1v) is 9.14. The van der Waals surface area contributed by atoms with Gasteiger partial charge in [-0.05, 0) is 43.2 Å². The molecule has 0 saturated carbocycles. The second-order valence-corrected chi connectivity index (χ2v) is 5.68. The molecule has 0 radical (unpaired) electrons. The van der Waals surface area contributed by atoms with Crippen LogP contribution < -0.4 is 10.6 Å². The van der Waals surface area contributed by atoms with Gasteiger partial charge in [0.1, 0.15) is 6.10 Å². The third kappa shape index (κ3) is 5.24. The van der Waals surface area contributed by atoms with Gasteiger partial charge in [-0.15, -0.1) is 0 Å². The molecule has 0 spiro atoms. The Morgan fingerprint density at radius 2 is 1.88 bits per heavy atom. The van der Waals surface area contributed by atoms with Crippen molar-refractivity contribution in [2.24, 2.45) is 4.99 Å². The van der Waals surface area contributed by atoms with Crippen LogP contribution in [0.15, 0.2) is 53.5 Å². The zero-order valence-electron chi connectivity index (χ0n) is 15.7. The van der Waals surface area contributed by atoms with E-state index in [1.807, 2.05) is 38.1 Å². The molecule has 0 amide bonds. The minimum Gasteiger partial charge on any atom is -0.457 e. The zero-order chi connectivity index (χ0) is 18.1. The summed E-state index contributed by atoms with van der Waals surface area (Å²) in [7, 11) is 0. The van der Waals surface area contributed by atoms with Crippen LogP contribution in [-0.4, -0.2) is 19.1 Å². The molecular weight excluding hydrogens is 310 g/mol. The van der Waals surface area contributed by atoms with E-state index in [2.05, 4.69) is 53.7 Å². The first-order chi connectivity index (χ1) is 12.3. The number of ether oxygens (including phenoxy) is 1. The predicted octanol–water partition coefficient (Wildman–Crippen LogP) is 5.38. The lowest BCUT2D eigenvalue weighted by Crippen LogP contribution is -2.24. The van der Waals surface area contributed by atoms with Crippen LogP contribution in [0.3, 0.4) is 0 Å². The lowest BCUT2D eigenvalue weighted by atomic mass is 10.1. The van der Waals surface area contributed by atoms with Gasteiger partial charge in [-0.25, -0.2) is 4.99 Å². The second kappa shape index (κ2) is 9.72. The van der Waals surface area contributed by atoms with Crippen molar-refractivity contribution < 1.29 is 4.74 Å². The number of hydrogen-bond acceptors (Lipinski definition) is 4. The molecule has 1 unspecified atom stereocenters. The predicted molar refractivity (Wildman–Crippen MR) is 108 cm³/mol. The van der Waals surface area contributed by atoms with E-state index in [1.165, 1.54) is 11.1 Å². The third-order valence-corrected chi connectivity index (χ3v) is 3.92. The summed E-state index contributed by atoms with van der Waals surface area (Å²) in [5, 5.41) is 6.64. The molecule has 2 aromatic rings. The Bertz CT molecular complexity index is 683. The van der Waals surface area contributed by atoms with E-state index in [-0.39, 0.29) is 6.10 Å². The molecule has 3 rings (SSSR count). The van der Waals surface area contributed by atoms with Crippen LogP contribution in [0.1, 0.15) is 44.4 Å². The fourth-order valence-corrected chi connectivity index (χ4v) is 2.74. The Labute approximate surface area is 151 Å². The van der Waals surface area contributed by atoms with E-state index in [4.69, 9.17) is 4.74 Å². The number of aliphatic imine (C=N–C) groups is 1. The molecule has 134 valence electrons. The highest BCUT2D eigenvalue weighted by Crippen LogP contribution is 2.26. The Morgan fingerprint density at radius 3 is 2.56 bits per heavy atom. The summed E-state index contributed by atoms with van der Waals surface area (Å²) >= 11 is 0. The van der Waals surface area contributed by atoms with Gasteiger partial charge in [-0.3, -0.25) is 0 Å². The largest absolute Gasteiger partial charge is 0.457 e.